The van der Waals surface area contributed by atoms with Crippen LogP contribution in [0.1, 0.15) is 40.3 Å². The van der Waals surface area contributed by atoms with E-state index >= 15 is 0 Å². The highest BCUT2D eigenvalue weighted by atomic mass is 16.5. The molecule has 1 fully saturated rings. The van der Waals surface area contributed by atoms with E-state index in [4.69, 9.17) is 4.52 Å². The molecule has 6 heteroatoms. The van der Waals surface area contributed by atoms with Crippen LogP contribution in [0.2, 0.25) is 0 Å². The van der Waals surface area contributed by atoms with Crippen molar-refractivity contribution in [2.45, 2.75) is 33.6 Å². The number of amides is 1. The Kier molecular flexibility index (Phi) is 4.76. The SMILES string of the molecule is CNCC1CCN(C(=O)c2cc(C)n(-c3cc(C)on3)c2C)CC1. The van der Waals surface area contributed by atoms with Crippen LogP contribution in [0.15, 0.2) is 16.7 Å². The number of nitrogens with one attached hydrogen (secondary N) is 1. The average molecular weight is 330 g/mol. The van der Waals surface area contributed by atoms with Crippen molar-refractivity contribution in [3.63, 3.8) is 0 Å². The van der Waals surface area contributed by atoms with Crippen LogP contribution in [0, 0.1) is 26.7 Å². The minimum atomic E-state index is 0.123. The maximum Gasteiger partial charge on any atom is 0.255 e. The average Bonchev–Trinajstić information content (AvgIpc) is 3.11. The highest BCUT2D eigenvalue weighted by molar-refractivity contribution is 5.96. The molecule has 1 saturated heterocycles. The summed E-state index contributed by atoms with van der Waals surface area (Å²) in [4.78, 5) is 14.9. The van der Waals surface area contributed by atoms with E-state index in [0.717, 1.165) is 61.0 Å². The van der Waals surface area contributed by atoms with E-state index in [0.29, 0.717) is 5.92 Å². The number of piperidine rings is 1. The lowest BCUT2D eigenvalue weighted by molar-refractivity contribution is 0.0690. The van der Waals surface area contributed by atoms with Gasteiger partial charge < -0.3 is 14.7 Å². The zero-order valence-corrected chi connectivity index (χ0v) is 14.9. The van der Waals surface area contributed by atoms with E-state index in [1.54, 1.807) is 0 Å². The molecule has 0 aromatic carbocycles. The van der Waals surface area contributed by atoms with Crippen LogP contribution >= 0.6 is 0 Å². The molecule has 3 rings (SSSR count). The molecule has 1 amide bonds. The Morgan fingerprint density at radius 1 is 1.29 bits per heavy atom. The summed E-state index contributed by atoms with van der Waals surface area (Å²) in [5, 5.41) is 7.31. The monoisotopic (exact) mass is 330 g/mol. The van der Waals surface area contributed by atoms with Crippen LogP contribution in [-0.2, 0) is 0 Å². The first kappa shape index (κ1) is 16.8. The molecule has 6 nitrogen and oxygen atoms in total. The van der Waals surface area contributed by atoms with Gasteiger partial charge in [-0.05, 0) is 59.2 Å². The summed E-state index contributed by atoms with van der Waals surface area (Å²) >= 11 is 0. The van der Waals surface area contributed by atoms with Gasteiger partial charge in [-0.3, -0.25) is 9.36 Å². The fraction of sp³-hybridized carbons (Fsp3) is 0.556. The minimum Gasteiger partial charge on any atom is -0.360 e. The molecule has 1 aliphatic heterocycles. The first-order chi connectivity index (χ1) is 11.5. The van der Waals surface area contributed by atoms with Crippen LogP contribution in [0.4, 0.5) is 0 Å². The summed E-state index contributed by atoms with van der Waals surface area (Å²) in [6.45, 7) is 8.52. The molecule has 0 atom stereocenters. The van der Waals surface area contributed by atoms with Crippen molar-refractivity contribution >= 4 is 5.91 Å². The van der Waals surface area contributed by atoms with Crippen molar-refractivity contribution in [2.24, 2.45) is 5.92 Å². The Morgan fingerprint density at radius 3 is 2.58 bits per heavy atom. The molecule has 1 N–H and O–H groups in total. The summed E-state index contributed by atoms with van der Waals surface area (Å²) < 4.78 is 7.16. The molecule has 0 aliphatic carbocycles. The Morgan fingerprint density at radius 2 is 2.00 bits per heavy atom. The van der Waals surface area contributed by atoms with Crippen LogP contribution < -0.4 is 5.32 Å². The van der Waals surface area contributed by atoms with Crippen LogP contribution in [0.3, 0.4) is 0 Å². The van der Waals surface area contributed by atoms with Gasteiger partial charge in [0, 0.05) is 30.5 Å². The third-order valence-corrected chi connectivity index (χ3v) is 4.90. The van der Waals surface area contributed by atoms with E-state index in [-0.39, 0.29) is 5.91 Å². The summed E-state index contributed by atoms with van der Waals surface area (Å²) in [7, 11) is 1.98. The minimum absolute atomic E-state index is 0.123. The van der Waals surface area contributed by atoms with Crippen molar-refractivity contribution < 1.29 is 9.32 Å². The lowest BCUT2D eigenvalue weighted by atomic mass is 9.96. The number of rotatable bonds is 4. The normalized spacial score (nSPS) is 15.9. The molecule has 0 bridgehead atoms. The molecular formula is C18H26N4O2. The molecule has 0 spiro atoms. The van der Waals surface area contributed by atoms with Gasteiger partial charge in [-0.15, -0.1) is 0 Å². The summed E-state index contributed by atoms with van der Waals surface area (Å²) in [5.41, 5.74) is 2.68. The first-order valence-electron chi connectivity index (χ1n) is 8.57. The van der Waals surface area contributed by atoms with E-state index < -0.39 is 0 Å². The first-order valence-corrected chi connectivity index (χ1v) is 8.57. The highest BCUT2D eigenvalue weighted by Gasteiger charge is 2.26. The van der Waals surface area contributed by atoms with Crippen LogP contribution in [-0.4, -0.2) is 47.2 Å². The van der Waals surface area contributed by atoms with E-state index in [1.165, 1.54) is 0 Å². The zero-order chi connectivity index (χ0) is 17.3. The Hall–Kier alpha value is -2.08. The molecule has 1 aliphatic rings. The largest absolute Gasteiger partial charge is 0.360 e. The number of hydrogen-bond acceptors (Lipinski definition) is 4. The number of carbonyl (C=O) groups excluding carboxylic acids is 1. The molecular weight excluding hydrogens is 304 g/mol. The number of nitrogens with zero attached hydrogens (tertiary/aromatic N) is 3. The summed E-state index contributed by atoms with van der Waals surface area (Å²) in [6, 6.07) is 3.85. The van der Waals surface area contributed by atoms with Gasteiger partial charge in [0.25, 0.3) is 5.91 Å². The fourth-order valence-electron chi connectivity index (χ4n) is 3.59. The number of hydrogen-bond donors (Lipinski definition) is 1. The predicted octanol–water partition coefficient (Wildman–Crippen LogP) is 2.46. The van der Waals surface area contributed by atoms with Gasteiger partial charge in [-0.25, -0.2) is 0 Å². The van der Waals surface area contributed by atoms with Crippen LogP contribution in [0.25, 0.3) is 5.82 Å². The predicted molar refractivity (Wildman–Crippen MR) is 92.6 cm³/mol. The summed E-state index contributed by atoms with van der Waals surface area (Å²) in [5.74, 6) is 2.29. The molecule has 0 saturated carbocycles. The van der Waals surface area contributed by atoms with Gasteiger partial charge in [0.1, 0.15) is 5.76 Å². The van der Waals surface area contributed by atoms with Crippen molar-refractivity contribution in [3.8, 4) is 5.82 Å². The fourth-order valence-corrected chi connectivity index (χ4v) is 3.59. The van der Waals surface area contributed by atoms with Crippen LogP contribution in [0.5, 0.6) is 0 Å². The number of likely N-dealkylation sites (tertiary alicyclic amines) is 1. The standard InChI is InChI=1S/C18H26N4O2/c1-12-9-16(14(3)22(12)17-10-13(2)24-20-17)18(23)21-7-5-15(6-8-21)11-19-4/h9-10,15,19H,5-8,11H2,1-4H3. The second-order valence-electron chi connectivity index (χ2n) is 6.71. The van der Waals surface area contributed by atoms with Gasteiger partial charge in [-0.1, -0.05) is 5.16 Å². The molecule has 130 valence electrons. The lowest BCUT2D eigenvalue weighted by Gasteiger charge is -2.32. The summed E-state index contributed by atoms with van der Waals surface area (Å²) in [6.07, 6.45) is 2.13. The highest BCUT2D eigenvalue weighted by Crippen LogP contribution is 2.24. The Balaban J connectivity index is 1.79. The Labute approximate surface area is 142 Å². The lowest BCUT2D eigenvalue weighted by Crippen LogP contribution is -2.40. The number of carbonyl (C=O) groups is 1. The number of aryl methyl sites for hydroxylation is 2. The third-order valence-electron chi connectivity index (χ3n) is 4.90. The second kappa shape index (κ2) is 6.81. The van der Waals surface area contributed by atoms with E-state index in [1.807, 2.05) is 49.4 Å². The van der Waals surface area contributed by atoms with Gasteiger partial charge in [-0.2, -0.15) is 0 Å². The van der Waals surface area contributed by atoms with Crippen molar-refractivity contribution in [3.05, 3.63) is 34.8 Å². The van der Waals surface area contributed by atoms with Crippen molar-refractivity contribution in [1.82, 2.24) is 19.9 Å². The third kappa shape index (κ3) is 3.11. The van der Waals surface area contributed by atoms with Gasteiger partial charge >= 0.3 is 0 Å². The van der Waals surface area contributed by atoms with Gasteiger partial charge in [0.15, 0.2) is 5.82 Å². The smallest absolute Gasteiger partial charge is 0.255 e. The molecule has 2 aromatic rings. The van der Waals surface area contributed by atoms with E-state index in [9.17, 15) is 4.79 Å². The van der Waals surface area contributed by atoms with E-state index in [2.05, 4.69) is 10.5 Å². The zero-order valence-electron chi connectivity index (χ0n) is 14.9. The topological polar surface area (TPSA) is 63.3 Å². The van der Waals surface area contributed by atoms with Crippen molar-refractivity contribution in [2.75, 3.05) is 26.7 Å². The van der Waals surface area contributed by atoms with Gasteiger partial charge in [0.05, 0.1) is 5.56 Å². The quantitative estimate of drug-likeness (QED) is 0.935. The molecule has 24 heavy (non-hydrogen) atoms. The van der Waals surface area contributed by atoms with Crippen molar-refractivity contribution in [1.29, 1.82) is 0 Å². The number of aromatic nitrogens is 2. The Bertz CT molecular complexity index is 723. The molecule has 0 radical (unpaired) electrons. The maximum atomic E-state index is 12.9. The molecule has 3 heterocycles. The van der Waals surface area contributed by atoms with Gasteiger partial charge in [0.2, 0.25) is 0 Å². The molecule has 0 unspecified atom stereocenters. The second-order valence-corrected chi connectivity index (χ2v) is 6.71. The maximum absolute atomic E-state index is 12.9. The molecule has 2 aromatic heterocycles.